The van der Waals surface area contributed by atoms with Gasteiger partial charge in [0.2, 0.25) is 5.91 Å². The maximum Gasteiger partial charge on any atom is 0.411 e. The topological polar surface area (TPSA) is 74.0 Å². The molecule has 0 saturated heterocycles. The number of rotatable bonds is 7. The zero-order valence-corrected chi connectivity index (χ0v) is 14.2. The molecule has 0 aliphatic heterocycles. The average molecular weight is 410 g/mol. The molecule has 0 radical (unpaired) electrons. The molecule has 2 heterocycles. The molecule has 2 aromatic heterocycles. The Morgan fingerprint density at radius 2 is 2.04 bits per heavy atom. The molecular formula is C13H15BrF3N5O2. The number of anilines is 1. The van der Waals surface area contributed by atoms with Crippen LogP contribution in [0, 0.1) is 5.92 Å². The van der Waals surface area contributed by atoms with E-state index >= 15 is 0 Å². The summed E-state index contributed by atoms with van der Waals surface area (Å²) in [6, 6.07) is 0. The largest absolute Gasteiger partial charge is 0.411 e. The number of carbonyl (C=O) groups excluding carboxylic acids is 1. The van der Waals surface area contributed by atoms with Gasteiger partial charge < -0.3 is 10.1 Å². The van der Waals surface area contributed by atoms with Crippen LogP contribution >= 0.6 is 15.9 Å². The Morgan fingerprint density at radius 1 is 1.33 bits per heavy atom. The fourth-order valence-corrected chi connectivity index (χ4v) is 2.15. The number of nitrogens with one attached hydrogen (secondary N) is 1. The van der Waals surface area contributed by atoms with Crippen molar-refractivity contribution in [2.24, 2.45) is 5.92 Å². The maximum absolute atomic E-state index is 12.1. The minimum absolute atomic E-state index is 0.252. The molecule has 132 valence electrons. The standard InChI is InChI=1S/C13H15BrF3N5O2/c1-9(4-21-5-10(14)2-18-21)12(23)20-11-3-19-22(6-11)8-24-7-13(15,16)17/h2-3,5-6,9H,4,7-8H2,1H3,(H,20,23). The van der Waals surface area contributed by atoms with Gasteiger partial charge in [-0.3, -0.25) is 9.48 Å². The number of halogens is 4. The van der Waals surface area contributed by atoms with E-state index in [1.165, 1.54) is 12.4 Å². The lowest BCUT2D eigenvalue weighted by Gasteiger charge is -2.11. The van der Waals surface area contributed by atoms with Crippen LogP contribution < -0.4 is 5.32 Å². The molecule has 11 heteroatoms. The van der Waals surface area contributed by atoms with E-state index in [0.717, 1.165) is 9.15 Å². The number of alkyl halides is 3. The molecule has 0 spiro atoms. The highest BCUT2D eigenvalue weighted by Gasteiger charge is 2.27. The van der Waals surface area contributed by atoms with Gasteiger partial charge in [-0.25, -0.2) is 4.68 Å². The molecule has 0 fully saturated rings. The van der Waals surface area contributed by atoms with Gasteiger partial charge in [-0.1, -0.05) is 6.92 Å². The Hall–Kier alpha value is -1.88. The van der Waals surface area contributed by atoms with Gasteiger partial charge in [0.15, 0.2) is 0 Å². The van der Waals surface area contributed by atoms with Crippen molar-refractivity contribution < 1.29 is 22.7 Å². The molecule has 0 bridgehead atoms. The normalized spacial score (nSPS) is 13.0. The van der Waals surface area contributed by atoms with E-state index in [1.807, 2.05) is 0 Å². The van der Waals surface area contributed by atoms with Crippen molar-refractivity contribution in [1.82, 2.24) is 19.6 Å². The summed E-state index contributed by atoms with van der Waals surface area (Å²) >= 11 is 3.27. The summed E-state index contributed by atoms with van der Waals surface area (Å²) in [6.45, 7) is 0.416. The Balaban J connectivity index is 1.81. The first-order chi connectivity index (χ1) is 11.2. The van der Waals surface area contributed by atoms with E-state index in [-0.39, 0.29) is 18.6 Å². The van der Waals surface area contributed by atoms with E-state index in [9.17, 15) is 18.0 Å². The van der Waals surface area contributed by atoms with Crippen molar-refractivity contribution in [3.63, 3.8) is 0 Å². The molecule has 7 nitrogen and oxygen atoms in total. The minimum Gasteiger partial charge on any atom is -0.350 e. The Morgan fingerprint density at radius 3 is 2.67 bits per heavy atom. The van der Waals surface area contributed by atoms with Crippen molar-refractivity contribution in [3.8, 4) is 0 Å². The highest BCUT2D eigenvalue weighted by molar-refractivity contribution is 9.10. The second kappa shape index (κ2) is 7.79. The first-order valence-corrected chi connectivity index (χ1v) is 7.68. The summed E-state index contributed by atoms with van der Waals surface area (Å²) in [4.78, 5) is 12.1. The lowest BCUT2D eigenvalue weighted by molar-refractivity contribution is -0.182. The zero-order chi connectivity index (χ0) is 17.7. The fraction of sp³-hybridized carbons (Fsp3) is 0.462. The average Bonchev–Trinajstić information content (AvgIpc) is 3.07. The maximum atomic E-state index is 12.1. The summed E-state index contributed by atoms with van der Waals surface area (Å²) in [6.07, 6.45) is 1.72. The van der Waals surface area contributed by atoms with E-state index in [4.69, 9.17) is 0 Å². The molecule has 1 atom stereocenters. The molecule has 24 heavy (non-hydrogen) atoms. The monoisotopic (exact) mass is 409 g/mol. The van der Waals surface area contributed by atoms with Crippen molar-refractivity contribution in [2.75, 3.05) is 11.9 Å². The molecular weight excluding hydrogens is 395 g/mol. The molecule has 0 aliphatic rings. The van der Waals surface area contributed by atoms with Crippen LogP contribution in [0.15, 0.2) is 29.3 Å². The number of amides is 1. The smallest absolute Gasteiger partial charge is 0.350 e. The molecule has 1 unspecified atom stereocenters. The van der Waals surface area contributed by atoms with Crippen molar-refractivity contribution in [2.45, 2.75) is 26.4 Å². The molecule has 1 N–H and O–H groups in total. The van der Waals surface area contributed by atoms with E-state index in [0.29, 0.717) is 12.2 Å². The number of carbonyl (C=O) groups is 1. The number of nitrogens with zero attached hydrogens (tertiary/aromatic N) is 4. The number of ether oxygens (including phenoxy) is 1. The third kappa shape index (κ3) is 5.96. The van der Waals surface area contributed by atoms with Crippen LogP contribution in [0.2, 0.25) is 0 Å². The zero-order valence-electron chi connectivity index (χ0n) is 12.6. The summed E-state index contributed by atoms with van der Waals surface area (Å²) in [5, 5.41) is 10.5. The Bertz CT molecular complexity index is 685. The van der Waals surface area contributed by atoms with Crippen molar-refractivity contribution in [1.29, 1.82) is 0 Å². The highest BCUT2D eigenvalue weighted by atomic mass is 79.9. The molecule has 1 amide bonds. The van der Waals surface area contributed by atoms with Crippen LogP contribution in [0.25, 0.3) is 0 Å². The SMILES string of the molecule is CC(Cn1cc(Br)cn1)C(=O)Nc1cnn(COCC(F)(F)F)c1. The van der Waals surface area contributed by atoms with Gasteiger partial charge >= 0.3 is 6.18 Å². The Labute approximate surface area is 143 Å². The summed E-state index contributed by atoms with van der Waals surface area (Å²) in [7, 11) is 0. The van der Waals surface area contributed by atoms with Gasteiger partial charge in [-0.15, -0.1) is 0 Å². The second-order valence-electron chi connectivity index (χ2n) is 5.13. The van der Waals surface area contributed by atoms with Gasteiger partial charge in [0.1, 0.15) is 13.3 Å². The molecule has 2 rings (SSSR count). The third-order valence-electron chi connectivity index (χ3n) is 2.90. The highest BCUT2D eigenvalue weighted by Crippen LogP contribution is 2.15. The van der Waals surface area contributed by atoms with Crippen LogP contribution in [0.5, 0.6) is 0 Å². The van der Waals surface area contributed by atoms with E-state index in [2.05, 4.69) is 36.2 Å². The lowest BCUT2D eigenvalue weighted by Crippen LogP contribution is -2.24. The van der Waals surface area contributed by atoms with Gasteiger partial charge in [-0.2, -0.15) is 23.4 Å². The van der Waals surface area contributed by atoms with Gasteiger partial charge in [-0.05, 0) is 15.9 Å². The first-order valence-electron chi connectivity index (χ1n) is 6.89. The first kappa shape index (κ1) is 18.5. The predicted octanol–water partition coefficient (Wildman–Crippen LogP) is 2.65. The van der Waals surface area contributed by atoms with E-state index < -0.39 is 12.8 Å². The number of hydrogen-bond donors (Lipinski definition) is 1. The van der Waals surface area contributed by atoms with Gasteiger partial charge in [0.25, 0.3) is 0 Å². The van der Waals surface area contributed by atoms with Gasteiger partial charge in [0, 0.05) is 6.20 Å². The van der Waals surface area contributed by atoms with Crippen LogP contribution in [-0.4, -0.2) is 38.3 Å². The minimum atomic E-state index is -4.39. The number of hydrogen-bond acceptors (Lipinski definition) is 4. The molecule has 0 saturated carbocycles. The summed E-state index contributed by atoms with van der Waals surface area (Å²) < 4.78 is 44.0. The predicted molar refractivity (Wildman–Crippen MR) is 82.0 cm³/mol. The van der Waals surface area contributed by atoms with Crippen LogP contribution in [0.3, 0.4) is 0 Å². The summed E-state index contributed by atoms with van der Waals surface area (Å²) in [5.41, 5.74) is 0.379. The second-order valence-corrected chi connectivity index (χ2v) is 6.05. The molecule has 2 aromatic rings. The molecule has 0 aliphatic carbocycles. The van der Waals surface area contributed by atoms with Crippen molar-refractivity contribution >= 4 is 27.5 Å². The van der Waals surface area contributed by atoms with Crippen LogP contribution in [-0.2, 0) is 22.8 Å². The Kier molecular flexibility index (Phi) is 5.99. The van der Waals surface area contributed by atoms with Crippen molar-refractivity contribution in [3.05, 3.63) is 29.3 Å². The van der Waals surface area contributed by atoms with Crippen LogP contribution in [0.1, 0.15) is 6.92 Å². The van der Waals surface area contributed by atoms with E-state index in [1.54, 1.807) is 24.0 Å². The number of aromatic nitrogens is 4. The van der Waals surface area contributed by atoms with Gasteiger partial charge in [0.05, 0.1) is 41.2 Å². The third-order valence-corrected chi connectivity index (χ3v) is 3.31. The molecule has 0 aromatic carbocycles. The van der Waals surface area contributed by atoms with Crippen LogP contribution in [0.4, 0.5) is 18.9 Å². The quantitative estimate of drug-likeness (QED) is 0.762. The fourth-order valence-electron chi connectivity index (χ4n) is 1.82. The summed E-state index contributed by atoms with van der Waals surface area (Å²) in [5.74, 6) is -0.612. The lowest BCUT2D eigenvalue weighted by atomic mass is 10.1.